The van der Waals surface area contributed by atoms with Crippen LogP contribution in [0, 0.1) is 0 Å². The predicted molar refractivity (Wildman–Crippen MR) is 80.7 cm³/mol. The Bertz CT molecular complexity index is 560. The van der Waals surface area contributed by atoms with Gasteiger partial charge in [0.2, 0.25) is 0 Å². The summed E-state index contributed by atoms with van der Waals surface area (Å²) in [4.78, 5) is 4.29. The van der Waals surface area contributed by atoms with E-state index in [1.165, 1.54) is 0 Å². The second kappa shape index (κ2) is 6.37. The van der Waals surface area contributed by atoms with E-state index in [4.69, 9.17) is 22.1 Å². The van der Waals surface area contributed by atoms with Crippen molar-refractivity contribution < 1.29 is 4.74 Å². The Labute approximate surface area is 125 Å². The summed E-state index contributed by atoms with van der Waals surface area (Å²) in [7, 11) is 0. The molecular weight excluding hydrogens is 328 g/mol. The van der Waals surface area contributed by atoms with Crippen LogP contribution in [0.5, 0.6) is 11.5 Å². The Morgan fingerprint density at radius 1 is 1.37 bits per heavy atom. The molecule has 1 heterocycles. The van der Waals surface area contributed by atoms with E-state index in [-0.39, 0.29) is 6.04 Å². The largest absolute Gasteiger partial charge is 0.454 e. The van der Waals surface area contributed by atoms with Gasteiger partial charge in [-0.3, -0.25) is 4.98 Å². The molecule has 2 rings (SSSR count). The molecule has 2 aromatic rings. The summed E-state index contributed by atoms with van der Waals surface area (Å²) in [5.41, 5.74) is 6.77. The SMILES string of the molecule is CC[C@H](N)c1ccc(Oc2cc(Br)ccc2Cl)cn1. The third-order valence-electron chi connectivity index (χ3n) is 2.70. The van der Waals surface area contributed by atoms with Crippen molar-refractivity contribution in [3.8, 4) is 11.5 Å². The quantitative estimate of drug-likeness (QED) is 0.877. The van der Waals surface area contributed by atoms with Gasteiger partial charge >= 0.3 is 0 Å². The Kier molecular flexibility index (Phi) is 4.80. The molecular formula is C14H14BrClN2O. The van der Waals surface area contributed by atoms with Crippen LogP contribution in [0.15, 0.2) is 41.0 Å². The van der Waals surface area contributed by atoms with E-state index in [0.717, 1.165) is 16.6 Å². The van der Waals surface area contributed by atoms with Crippen LogP contribution in [0.3, 0.4) is 0 Å². The highest BCUT2D eigenvalue weighted by Crippen LogP contribution is 2.31. The van der Waals surface area contributed by atoms with Crippen LogP contribution in [0.4, 0.5) is 0 Å². The minimum atomic E-state index is -0.0384. The van der Waals surface area contributed by atoms with Gasteiger partial charge in [0.05, 0.1) is 16.9 Å². The highest BCUT2D eigenvalue weighted by molar-refractivity contribution is 9.10. The lowest BCUT2D eigenvalue weighted by Gasteiger charge is -2.10. The van der Waals surface area contributed by atoms with Crippen LogP contribution in [-0.2, 0) is 0 Å². The molecule has 0 fully saturated rings. The summed E-state index contributed by atoms with van der Waals surface area (Å²) >= 11 is 9.44. The van der Waals surface area contributed by atoms with Crippen molar-refractivity contribution in [3.63, 3.8) is 0 Å². The lowest BCUT2D eigenvalue weighted by atomic mass is 10.1. The number of nitrogens with two attached hydrogens (primary N) is 1. The highest BCUT2D eigenvalue weighted by atomic mass is 79.9. The minimum absolute atomic E-state index is 0.0384. The average molecular weight is 342 g/mol. The summed E-state index contributed by atoms with van der Waals surface area (Å²) in [6, 6.07) is 9.12. The molecule has 3 nitrogen and oxygen atoms in total. The second-order valence-electron chi connectivity index (χ2n) is 4.11. The van der Waals surface area contributed by atoms with Gasteiger partial charge in [0.25, 0.3) is 0 Å². The zero-order valence-corrected chi connectivity index (χ0v) is 12.8. The molecule has 0 aliphatic carbocycles. The summed E-state index contributed by atoms with van der Waals surface area (Å²) in [6.07, 6.45) is 2.51. The lowest BCUT2D eigenvalue weighted by molar-refractivity contribution is 0.479. The maximum absolute atomic E-state index is 6.06. The van der Waals surface area contributed by atoms with Gasteiger partial charge in [-0.1, -0.05) is 34.5 Å². The number of halogens is 2. The molecule has 0 aliphatic rings. The maximum atomic E-state index is 6.06. The van der Waals surface area contributed by atoms with E-state index in [9.17, 15) is 0 Å². The van der Waals surface area contributed by atoms with Crippen molar-refractivity contribution in [2.75, 3.05) is 0 Å². The molecule has 100 valence electrons. The third kappa shape index (κ3) is 3.69. The van der Waals surface area contributed by atoms with Gasteiger partial charge in [-0.25, -0.2) is 0 Å². The first-order valence-electron chi connectivity index (χ1n) is 5.94. The number of hydrogen-bond acceptors (Lipinski definition) is 3. The average Bonchev–Trinajstić information content (AvgIpc) is 2.43. The molecule has 0 saturated heterocycles. The zero-order chi connectivity index (χ0) is 13.8. The Hall–Kier alpha value is -1.10. The van der Waals surface area contributed by atoms with Crippen molar-refractivity contribution in [1.82, 2.24) is 4.98 Å². The molecule has 1 aromatic carbocycles. The topological polar surface area (TPSA) is 48.1 Å². The molecule has 5 heteroatoms. The van der Waals surface area contributed by atoms with Crippen LogP contribution in [-0.4, -0.2) is 4.98 Å². The maximum Gasteiger partial charge on any atom is 0.147 e. The van der Waals surface area contributed by atoms with Gasteiger partial charge in [-0.2, -0.15) is 0 Å². The number of hydrogen-bond donors (Lipinski definition) is 1. The van der Waals surface area contributed by atoms with Crippen molar-refractivity contribution >= 4 is 27.5 Å². The number of benzene rings is 1. The van der Waals surface area contributed by atoms with E-state index in [1.807, 2.05) is 31.2 Å². The first-order chi connectivity index (χ1) is 9.10. The summed E-state index contributed by atoms with van der Waals surface area (Å²) < 4.78 is 6.60. The standard InChI is InChI=1S/C14H14BrClN2O/c1-2-12(17)13-6-4-10(8-18-13)19-14-7-9(15)3-5-11(14)16/h3-8,12H,2,17H2,1H3/t12-/m0/s1. The molecule has 0 bridgehead atoms. The van der Waals surface area contributed by atoms with Crippen molar-refractivity contribution in [3.05, 3.63) is 51.7 Å². The Morgan fingerprint density at radius 2 is 2.16 bits per heavy atom. The number of rotatable bonds is 4. The number of pyridine rings is 1. The van der Waals surface area contributed by atoms with E-state index in [2.05, 4.69) is 20.9 Å². The summed E-state index contributed by atoms with van der Waals surface area (Å²) in [5.74, 6) is 1.22. The Morgan fingerprint density at radius 3 is 2.79 bits per heavy atom. The molecule has 1 atom stereocenters. The number of ether oxygens (including phenoxy) is 1. The zero-order valence-electron chi connectivity index (χ0n) is 10.4. The van der Waals surface area contributed by atoms with Crippen molar-refractivity contribution in [1.29, 1.82) is 0 Å². The summed E-state index contributed by atoms with van der Waals surface area (Å²) in [6.45, 7) is 2.03. The molecule has 1 aromatic heterocycles. The monoisotopic (exact) mass is 340 g/mol. The number of aromatic nitrogens is 1. The van der Waals surface area contributed by atoms with Crippen LogP contribution < -0.4 is 10.5 Å². The molecule has 0 aliphatic heterocycles. The van der Waals surface area contributed by atoms with Gasteiger partial charge in [0, 0.05) is 10.5 Å². The second-order valence-corrected chi connectivity index (χ2v) is 5.43. The smallest absolute Gasteiger partial charge is 0.147 e. The van der Waals surface area contributed by atoms with Gasteiger partial charge in [-0.15, -0.1) is 0 Å². The third-order valence-corrected chi connectivity index (χ3v) is 3.51. The fourth-order valence-electron chi connectivity index (χ4n) is 1.56. The predicted octanol–water partition coefficient (Wildman–Crippen LogP) is 4.70. The van der Waals surface area contributed by atoms with E-state index in [1.54, 1.807) is 12.3 Å². The van der Waals surface area contributed by atoms with Crippen LogP contribution in [0.25, 0.3) is 0 Å². The van der Waals surface area contributed by atoms with Gasteiger partial charge in [0.1, 0.15) is 11.5 Å². The molecule has 19 heavy (non-hydrogen) atoms. The van der Waals surface area contributed by atoms with E-state index >= 15 is 0 Å². The molecule has 0 saturated carbocycles. The molecule has 0 radical (unpaired) electrons. The number of nitrogens with zero attached hydrogens (tertiary/aromatic N) is 1. The molecule has 0 amide bonds. The van der Waals surface area contributed by atoms with Crippen LogP contribution >= 0.6 is 27.5 Å². The molecule has 0 unspecified atom stereocenters. The van der Waals surface area contributed by atoms with E-state index < -0.39 is 0 Å². The molecule has 0 spiro atoms. The summed E-state index contributed by atoms with van der Waals surface area (Å²) in [5, 5.41) is 0.553. The van der Waals surface area contributed by atoms with Crippen molar-refractivity contribution in [2.24, 2.45) is 5.73 Å². The normalized spacial score (nSPS) is 12.2. The van der Waals surface area contributed by atoms with Crippen LogP contribution in [0.1, 0.15) is 25.1 Å². The fourth-order valence-corrected chi connectivity index (χ4v) is 2.06. The fraction of sp³-hybridized carbons (Fsp3) is 0.214. The minimum Gasteiger partial charge on any atom is -0.454 e. The Balaban J connectivity index is 2.17. The van der Waals surface area contributed by atoms with Gasteiger partial charge in [0.15, 0.2) is 0 Å². The van der Waals surface area contributed by atoms with E-state index in [0.29, 0.717) is 16.5 Å². The van der Waals surface area contributed by atoms with Gasteiger partial charge in [-0.05, 0) is 36.8 Å². The lowest BCUT2D eigenvalue weighted by Crippen LogP contribution is -2.10. The highest BCUT2D eigenvalue weighted by Gasteiger charge is 2.07. The van der Waals surface area contributed by atoms with Gasteiger partial charge < -0.3 is 10.5 Å². The molecule has 2 N–H and O–H groups in total. The first-order valence-corrected chi connectivity index (χ1v) is 7.11. The first kappa shape index (κ1) is 14.3. The van der Waals surface area contributed by atoms with Crippen LogP contribution in [0.2, 0.25) is 5.02 Å². The van der Waals surface area contributed by atoms with Crippen molar-refractivity contribution in [2.45, 2.75) is 19.4 Å².